The molecule has 1 aromatic carbocycles. The van der Waals surface area contributed by atoms with E-state index < -0.39 is 5.56 Å². The summed E-state index contributed by atoms with van der Waals surface area (Å²) >= 11 is 0. The fraction of sp³-hybridized carbons (Fsp3) is 0.632. The number of pyridine rings is 2. The topological polar surface area (TPSA) is 136 Å². The number of benzene rings is 2. The maximum Gasteiger partial charge on any atom is 0.263 e. The molecule has 0 fully saturated rings. The summed E-state index contributed by atoms with van der Waals surface area (Å²) in [5.41, 5.74) is 0.191. The summed E-state index contributed by atoms with van der Waals surface area (Å²) in [6.07, 6.45) is 2.90. The second kappa shape index (κ2) is 19.1. The molecule has 4 rings (SSSR count). The Bertz CT molecular complexity index is 1860. The second-order valence-corrected chi connectivity index (χ2v) is 12.9. The molecule has 276 valence electrons. The molecule has 0 saturated carbocycles. The maximum absolute atomic E-state index is 14.5. The van der Waals surface area contributed by atoms with Crippen molar-refractivity contribution in [3.8, 4) is 17.0 Å². The Morgan fingerprint density at radius 3 is 1.92 bits per heavy atom. The molecule has 12 heteroatoms. The molecular formula is C38H60N8O4. The summed E-state index contributed by atoms with van der Waals surface area (Å²) in [5, 5.41) is 23.9. The zero-order valence-electron chi connectivity index (χ0n) is 31.3. The van der Waals surface area contributed by atoms with Crippen molar-refractivity contribution in [3.05, 3.63) is 48.6 Å². The van der Waals surface area contributed by atoms with Crippen LogP contribution >= 0.6 is 0 Å². The molecule has 2 aromatic rings. The van der Waals surface area contributed by atoms with Crippen molar-refractivity contribution in [1.29, 1.82) is 0 Å². The van der Waals surface area contributed by atoms with E-state index in [1.165, 1.54) is 9.13 Å². The van der Waals surface area contributed by atoms with Crippen molar-refractivity contribution in [3.63, 3.8) is 0 Å². The zero-order valence-corrected chi connectivity index (χ0v) is 31.3. The van der Waals surface area contributed by atoms with Crippen LogP contribution in [0.3, 0.4) is 0 Å². The van der Waals surface area contributed by atoms with Crippen molar-refractivity contribution in [2.24, 2.45) is 4.99 Å². The summed E-state index contributed by atoms with van der Waals surface area (Å²) in [6, 6.07) is 3.52. The van der Waals surface area contributed by atoms with Gasteiger partial charge in [0.2, 0.25) is 5.88 Å². The van der Waals surface area contributed by atoms with Crippen LogP contribution in [0.4, 0.5) is 5.69 Å². The average molecular weight is 693 g/mol. The van der Waals surface area contributed by atoms with E-state index in [0.29, 0.717) is 82.7 Å². The van der Waals surface area contributed by atoms with Crippen LogP contribution in [0.2, 0.25) is 0 Å². The SMILES string of the molecule is CCNCCCNc1cc2c(O)n(CCCN(CC)CC)c(=O)c3c(=NCCCN(CC)CC)cc4c(=O)n(CCCNCC)c(=O)c1c-4c23. The Morgan fingerprint density at radius 2 is 1.28 bits per heavy atom. The highest BCUT2D eigenvalue weighted by molar-refractivity contribution is 6.18. The molecule has 0 bridgehead atoms. The third kappa shape index (κ3) is 8.65. The molecule has 2 aliphatic rings. The van der Waals surface area contributed by atoms with E-state index in [2.05, 4.69) is 60.4 Å². The molecule has 1 aromatic heterocycles. The first-order chi connectivity index (χ1) is 24.3. The van der Waals surface area contributed by atoms with Gasteiger partial charge in [0.1, 0.15) is 0 Å². The van der Waals surface area contributed by atoms with Crippen molar-refractivity contribution in [2.75, 3.05) is 83.9 Å². The molecule has 2 heterocycles. The average Bonchev–Trinajstić information content (AvgIpc) is 3.12. The van der Waals surface area contributed by atoms with Crippen molar-refractivity contribution < 1.29 is 5.11 Å². The number of nitrogens with one attached hydrogen (secondary N) is 3. The van der Waals surface area contributed by atoms with Crippen LogP contribution in [0.15, 0.2) is 31.5 Å². The Balaban J connectivity index is 2.02. The number of anilines is 1. The standard InChI is InChI=1S/C38H60N8O4/c1-7-39-17-13-19-41-29-25-28-32-31-27(35(47)45(37(49)33(29)31)23-14-18-40-8-2)26-30(42-20-15-21-43(9-3)10-4)34(32)38(50)46(36(28)48)24-16-22-44(11-5)12-6/h25-26,39-41,48H,7-24H2,1-6H3. The van der Waals surface area contributed by atoms with Gasteiger partial charge in [0.15, 0.2) is 0 Å². The van der Waals surface area contributed by atoms with E-state index in [1.54, 1.807) is 12.1 Å². The van der Waals surface area contributed by atoms with Crippen LogP contribution < -0.4 is 38.0 Å². The van der Waals surface area contributed by atoms with Gasteiger partial charge >= 0.3 is 0 Å². The molecule has 0 radical (unpaired) electrons. The van der Waals surface area contributed by atoms with E-state index in [4.69, 9.17) is 4.99 Å². The lowest BCUT2D eigenvalue weighted by molar-refractivity contribution is 0.289. The first-order valence-corrected chi connectivity index (χ1v) is 19.0. The highest BCUT2D eigenvalue weighted by Gasteiger charge is 2.29. The van der Waals surface area contributed by atoms with Crippen LogP contribution in [-0.4, -0.2) is 103 Å². The van der Waals surface area contributed by atoms with Crippen molar-refractivity contribution in [2.45, 2.75) is 80.3 Å². The van der Waals surface area contributed by atoms with Gasteiger partial charge in [-0.05, 0) is 103 Å². The largest absolute Gasteiger partial charge is 0.494 e. The number of aromatic nitrogens is 2. The Morgan fingerprint density at radius 1 is 0.680 bits per heavy atom. The summed E-state index contributed by atoms with van der Waals surface area (Å²) in [7, 11) is 0. The van der Waals surface area contributed by atoms with E-state index in [-0.39, 0.29) is 23.5 Å². The minimum Gasteiger partial charge on any atom is -0.494 e. The molecule has 0 atom stereocenters. The van der Waals surface area contributed by atoms with E-state index in [0.717, 1.165) is 71.7 Å². The fourth-order valence-corrected chi connectivity index (χ4v) is 7.01. The van der Waals surface area contributed by atoms with Gasteiger partial charge < -0.3 is 30.9 Å². The lowest BCUT2D eigenvalue weighted by atomic mass is 9.89. The van der Waals surface area contributed by atoms with Crippen molar-refractivity contribution >= 4 is 27.2 Å². The molecule has 4 N–H and O–H groups in total. The second-order valence-electron chi connectivity index (χ2n) is 12.9. The summed E-state index contributed by atoms with van der Waals surface area (Å²) in [6.45, 7) is 22.8. The monoisotopic (exact) mass is 692 g/mol. The predicted octanol–water partition coefficient (Wildman–Crippen LogP) is 3.14. The van der Waals surface area contributed by atoms with E-state index in [9.17, 15) is 19.5 Å². The third-order valence-corrected chi connectivity index (χ3v) is 9.91. The lowest BCUT2D eigenvalue weighted by Crippen LogP contribution is -2.38. The number of aromatic hydroxyl groups is 1. The summed E-state index contributed by atoms with van der Waals surface area (Å²) in [4.78, 5) is 52.6. The van der Waals surface area contributed by atoms with Crippen LogP contribution in [0.5, 0.6) is 5.88 Å². The maximum atomic E-state index is 14.5. The van der Waals surface area contributed by atoms with Gasteiger partial charge in [-0.3, -0.25) is 28.5 Å². The van der Waals surface area contributed by atoms with Gasteiger partial charge in [0.25, 0.3) is 16.7 Å². The van der Waals surface area contributed by atoms with Gasteiger partial charge in [-0.15, -0.1) is 0 Å². The minimum absolute atomic E-state index is 0.151. The van der Waals surface area contributed by atoms with Gasteiger partial charge in [-0.2, -0.15) is 0 Å². The Kier molecular flexibility index (Phi) is 15.0. The number of hydrogen-bond acceptors (Lipinski definition) is 10. The first-order valence-electron chi connectivity index (χ1n) is 19.0. The molecule has 12 nitrogen and oxygen atoms in total. The minimum atomic E-state index is -0.394. The zero-order chi connectivity index (χ0) is 36.2. The number of hydrogen-bond donors (Lipinski definition) is 4. The molecule has 1 aliphatic heterocycles. The highest BCUT2D eigenvalue weighted by atomic mass is 16.3. The number of rotatable bonds is 23. The predicted molar refractivity (Wildman–Crippen MR) is 207 cm³/mol. The molecule has 0 saturated heterocycles. The molecule has 0 amide bonds. The Hall–Kier alpha value is -3.58. The van der Waals surface area contributed by atoms with Crippen LogP contribution in [0.25, 0.3) is 32.7 Å². The molecule has 0 spiro atoms. The van der Waals surface area contributed by atoms with Gasteiger partial charge in [-0.1, -0.05) is 41.5 Å². The lowest BCUT2D eigenvalue weighted by Gasteiger charge is -2.23. The molecular weight excluding hydrogens is 632 g/mol. The third-order valence-electron chi connectivity index (χ3n) is 9.91. The quantitative estimate of drug-likeness (QED) is 0.0683. The molecule has 0 unspecified atom stereocenters. The molecule has 1 aliphatic carbocycles. The first kappa shape index (κ1) is 39.2. The van der Waals surface area contributed by atoms with Crippen LogP contribution in [0.1, 0.15) is 67.2 Å². The normalized spacial score (nSPS) is 12.6. The smallest absolute Gasteiger partial charge is 0.263 e. The van der Waals surface area contributed by atoms with Crippen molar-refractivity contribution in [1.82, 2.24) is 29.6 Å². The highest BCUT2D eigenvalue weighted by Crippen LogP contribution is 2.40. The van der Waals surface area contributed by atoms with Crippen LogP contribution in [-0.2, 0) is 13.1 Å². The fourth-order valence-electron chi connectivity index (χ4n) is 7.01. The van der Waals surface area contributed by atoms with Crippen LogP contribution in [0, 0.1) is 0 Å². The van der Waals surface area contributed by atoms with Gasteiger partial charge in [-0.25, -0.2) is 0 Å². The summed E-state index contributed by atoms with van der Waals surface area (Å²) in [5.74, 6) is -0.151. The van der Waals surface area contributed by atoms with E-state index in [1.807, 2.05) is 6.92 Å². The Labute approximate surface area is 296 Å². The molecule has 50 heavy (non-hydrogen) atoms. The summed E-state index contributed by atoms with van der Waals surface area (Å²) < 4.78 is 2.78. The number of nitrogens with zero attached hydrogens (tertiary/aromatic N) is 5. The van der Waals surface area contributed by atoms with Gasteiger partial charge in [0, 0.05) is 48.2 Å². The van der Waals surface area contributed by atoms with Gasteiger partial charge in [0.05, 0.1) is 21.7 Å². The van der Waals surface area contributed by atoms with E-state index >= 15 is 0 Å².